The fraction of sp³-hybridized carbons (Fsp3) is 0. The lowest BCUT2D eigenvalue weighted by Crippen LogP contribution is -2.42. The molecule has 2 aliphatic heterocycles. The van der Waals surface area contributed by atoms with Gasteiger partial charge in [-0.2, -0.15) is 8.42 Å². The van der Waals surface area contributed by atoms with E-state index in [9.17, 15) is 8.42 Å². The van der Waals surface area contributed by atoms with Crippen LogP contribution in [0, 0.1) is 0 Å². The van der Waals surface area contributed by atoms with Gasteiger partial charge in [-0.3, -0.25) is 4.28 Å². The molecular weight excluding hydrogens is 200 g/mol. The number of nitrogens with zero attached hydrogens (tertiary/aromatic N) is 2. The number of rotatable bonds is 0. The van der Waals surface area contributed by atoms with Crippen molar-refractivity contribution < 1.29 is 25.5 Å². The Kier molecular flexibility index (Phi) is 1.52. The molecule has 1 saturated heterocycles. The lowest BCUT2D eigenvalue weighted by molar-refractivity contribution is -0.264. The summed E-state index contributed by atoms with van der Waals surface area (Å²) >= 11 is -3.78. The molecule has 62 valence electrons. The zero-order valence-corrected chi connectivity index (χ0v) is 6.29. The highest BCUT2D eigenvalue weighted by Crippen LogP contribution is 2.17. The summed E-state index contributed by atoms with van der Waals surface area (Å²) in [5.41, 5.74) is 0. The third-order valence-electron chi connectivity index (χ3n) is 0.732. The summed E-state index contributed by atoms with van der Waals surface area (Å²) in [5.74, 6) is 0. The Hall–Kier alpha value is -0.710. The Morgan fingerprint density at radius 1 is 1.27 bits per heavy atom. The second-order valence-corrected chi connectivity index (χ2v) is 2.78. The maximum atomic E-state index is 10.3. The van der Waals surface area contributed by atoms with Gasteiger partial charge in [0.25, 0.3) is 0 Å². The van der Waals surface area contributed by atoms with Crippen molar-refractivity contribution in [3.63, 3.8) is 0 Å². The largest absolute Gasteiger partial charge is 0.442 e. The smallest absolute Gasteiger partial charge is 0.326 e. The zero-order valence-electron chi connectivity index (χ0n) is 4.66. The number of hydroxylamine groups is 2. The van der Waals surface area contributed by atoms with Gasteiger partial charge in [-0.25, -0.2) is 0 Å². The highest BCUT2D eigenvalue weighted by atomic mass is 32.2. The maximum absolute atomic E-state index is 10.3. The molecule has 1 atom stereocenters. The van der Waals surface area contributed by atoms with E-state index in [2.05, 4.69) is 22.2 Å². The van der Waals surface area contributed by atoms with Crippen molar-refractivity contribution in [1.29, 1.82) is 0 Å². The molecule has 1 fully saturated rings. The van der Waals surface area contributed by atoms with Crippen molar-refractivity contribution >= 4 is 28.7 Å². The highest BCUT2D eigenvalue weighted by Gasteiger charge is 2.37. The molecule has 11 heavy (non-hydrogen) atoms. The van der Waals surface area contributed by atoms with Gasteiger partial charge in [0, 0.05) is 5.16 Å². The van der Waals surface area contributed by atoms with Crippen LogP contribution in [0.4, 0.5) is 0 Å². The summed E-state index contributed by atoms with van der Waals surface area (Å²) in [6.07, 6.45) is 0. The molecule has 2 rings (SSSR count). The molecule has 0 aromatic heterocycles. The predicted molar refractivity (Wildman–Crippen MR) is 29.9 cm³/mol. The zero-order chi connectivity index (χ0) is 7.84. The topological polar surface area (TPSA) is 86.7 Å². The van der Waals surface area contributed by atoms with Crippen LogP contribution in [0.15, 0.2) is 5.16 Å². The van der Waals surface area contributed by atoms with Crippen molar-refractivity contribution in [2.45, 2.75) is 0 Å². The standard InChI is InChI=1S/CN2O6S2/c4-10-6-1(2-7-10)3-8-11(5)9-3. The third-order valence-corrected chi connectivity index (χ3v) is 1.73. The van der Waals surface area contributed by atoms with E-state index in [0.29, 0.717) is 5.23 Å². The predicted octanol–water partition coefficient (Wildman–Crippen LogP) is -1.36. The van der Waals surface area contributed by atoms with Crippen LogP contribution in [-0.4, -0.2) is 19.7 Å². The average Bonchev–Trinajstić information content (AvgIpc) is 2.29. The van der Waals surface area contributed by atoms with Crippen molar-refractivity contribution in [3.05, 3.63) is 0 Å². The summed E-state index contributed by atoms with van der Waals surface area (Å²) < 4.78 is 37.5. The van der Waals surface area contributed by atoms with Gasteiger partial charge in [-0.05, 0) is 5.23 Å². The van der Waals surface area contributed by atoms with Gasteiger partial charge in [-0.1, -0.05) is 0 Å². The van der Waals surface area contributed by atoms with Crippen LogP contribution in [0.3, 0.4) is 0 Å². The first-order chi connectivity index (χ1) is 5.25. The van der Waals surface area contributed by atoms with Gasteiger partial charge in [0.2, 0.25) is 0 Å². The van der Waals surface area contributed by atoms with Crippen LogP contribution in [-0.2, 0) is 39.8 Å². The molecule has 2 heterocycles. The van der Waals surface area contributed by atoms with Crippen molar-refractivity contribution in [2.24, 2.45) is 5.16 Å². The van der Waals surface area contributed by atoms with Gasteiger partial charge in [0.1, 0.15) is 0 Å². The minimum Gasteiger partial charge on any atom is -0.326 e. The summed E-state index contributed by atoms with van der Waals surface area (Å²) in [4.78, 5) is 0. The van der Waals surface area contributed by atoms with Gasteiger partial charge < -0.3 is 4.18 Å². The molecule has 0 saturated carbocycles. The number of oxime groups is 1. The van der Waals surface area contributed by atoms with E-state index in [4.69, 9.17) is 0 Å². The van der Waals surface area contributed by atoms with Crippen LogP contribution in [0.1, 0.15) is 0 Å². The summed E-state index contributed by atoms with van der Waals surface area (Å²) in [7, 11) is 0. The Bertz CT molecular complexity index is 253. The SMILES string of the molecule is O=S1ON=C(N2OS(=O)O2)O1. The van der Waals surface area contributed by atoms with Gasteiger partial charge >= 0.3 is 28.7 Å². The molecule has 2 aliphatic rings. The maximum Gasteiger partial charge on any atom is 0.442 e. The monoisotopic (exact) mass is 200 g/mol. The minimum absolute atomic E-state index is 0.289. The molecule has 0 N–H and O–H groups in total. The van der Waals surface area contributed by atoms with E-state index in [-0.39, 0.29) is 6.02 Å². The first-order valence-corrected chi connectivity index (χ1v) is 4.20. The molecule has 0 radical (unpaired) electrons. The van der Waals surface area contributed by atoms with Crippen molar-refractivity contribution in [1.82, 2.24) is 5.23 Å². The Labute approximate surface area is 65.3 Å². The molecule has 0 spiro atoms. The van der Waals surface area contributed by atoms with Crippen LogP contribution in [0.25, 0.3) is 0 Å². The molecule has 0 aromatic carbocycles. The minimum atomic E-state index is -1.96. The molecule has 1 unspecified atom stereocenters. The van der Waals surface area contributed by atoms with E-state index >= 15 is 0 Å². The summed E-state index contributed by atoms with van der Waals surface area (Å²) in [6.45, 7) is 0. The fourth-order valence-corrected chi connectivity index (χ4v) is 1.13. The second kappa shape index (κ2) is 2.41. The Morgan fingerprint density at radius 2 is 2.00 bits per heavy atom. The van der Waals surface area contributed by atoms with Crippen molar-refractivity contribution in [2.75, 3.05) is 0 Å². The summed E-state index contributed by atoms with van der Waals surface area (Å²) in [5, 5.41) is 3.69. The van der Waals surface area contributed by atoms with Gasteiger partial charge in [0.05, 0.1) is 0 Å². The summed E-state index contributed by atoms with van der Waals surface area (Å²) in [6, 6.07) is -0.289. The van der Waals surface area contributed by atoms with E-state index < -0.39 is 22.7 Å². The molecule has 0 bridgehead atoms. The second-order valence-electron chi connectivity index (χ2n) is 1.35. The molecular formula is CN2O6S2. The molecule has 10 heteroatoms. The first-order valence-electron chi connectivity index (χ1n) is 2.20. The van der Waals surface area contributed by atoms with Gasteiger partial charge in [-0.15, -0.1) is 8.57 Å². The fourth-order valence-electron chi connectivity index (χ4n) is 0.397. The van der Waals surface area contributed by atoms with Crippen LogP contribution >= 0.6 is 0 Å². The van der Waals surface area contributed by atoms with E-state index in [1.165, 1.54) is 0 Å². The van der Waals surface area contributed by atoms with Crippen molar-refractivity contribution in [3.8, 4) is 0 Å². The quantitative estimate of drug-likeness (QED) is 0.477. The number of hydrogen-bond acceptors (Lipinski definition) is 8. The lowest BCUT2D eigenvalue weighted by Gasteiger charge is -2.22. The third kappa shape index (κ3) is 1.20. The number of amidine groups is 1. The molecule has 8 nitrogen and oxygen atoms in total. The number of hydrogen-bond donors (Lipinski definition) is 0. The Morgan fingerprint density at radius 3 is 2.45 bits per heavy atom. The molecule has 0 aliphatic carbocycles. The van der Waals surface area contributed by atoms with E-state index in [1.54, 1.807) is 0 Å². The molecule has 0 aromatic rings. The molecule has 0 amide bonds. The van der Waals surface area contributed by atoms with E-state index in [1.807, 2.05) is 0 Å². The highest BCUT2D eigenvalue weighted by molar-refractivity contribution is 7.76. The first kappa shape index (κ1) is 6.97. The normalized spacial score (nSPS) is 30.4. The average molecular weight is 200 g/mol. The van der Waals surface area contributed by atoms with E-state index in [0.717, 1.165) is 0 Å². The van der Waals surface area contributed by atoms with Crippen LogP contribution < -0.4 is 0 Å². The Balaban J connectivity index is 1.97. The van der Waals surface area contributed by atoms with Crippen LogP contribution in [0.5, 0.6) is 0 Å². The van der Waals surface area contributed by atoms with Gasteiger partial charge in [0.15, 0.2) is 0 Å². The van der Waals surface area contributed by atoms with Crippen LogP contribution in [0.2, 0.25) is 0 Å². The lowest BCUT2D eigenvalue weighted by atomic mass is 11.2.